The number of aromatic nitrogens is 2. The third-order valence-corrected chi connectivity index (χ3v) is 8.03. The molecule has 1 spiro atoms. The number of aliphatic hydroxyl groups is 1. The van der Waals surface area contributed by atoms with Gasteiger partial charge in [-0.1, -0.05) is 31.2 Å². The number of hydrogen-bond donors (Lipinski definition) is 1. The summed E-state index contributed by atoms with van der Waals surface area (Å²) in [5.41, 5.74) is 3.49. The summed E-state index contributed by atoms with van der Waals surface area (Å²) in [4.78, 5) is 11.9. The Hall–Kier alpha value is -2.64. The van der Waals surface area contributed by atoms with Gasteiger partial charge in [0.15, 0.2) is 0 Å². The van der Waals surface area contributed by atoms with Crippen LogP contribution in [0.25, 0.3) is 11.1 Å². The summed E-state index contributed by atoms with van der Waals surface area (Å²) in [6.45, 7) is 2.71. The van der Waals surface area contributed by atoms with Crippen molar-refractivity contribution in [2.45, 2.75) is 41.7 Å². The van der Waals surface area contributed by atoms with E-state index in [1.807, 2.05) is 19.1 Å². The monoisotopic (exact) mass is 437 g/mol. The first-order chi connectivity index (χ1) is 15.0. The SMILES string of the molecule is CC(CCO)S(=O)c1ccc2c(c1)N(c1ncc(-c3ccccc3F)cn1)CC21CC1. The van der Waals surface area contributed by atoms with Gasteiger partial charge in [-0.15, -0.1) is 0 Å². The predicted molar refractivity (Wildman–Crippen MR) is 119 cm³/mol. The van der Waals surface area contributed by atoms with Crippen molar-refractivity contribution in [2.75, 3.05) is 18.1 Å². The van der Waals surface area contributed by atoms with Gasteiger partial charge in [0.25, 0.3) is 0 Å². The molecule has 0 bridgehead atoms. The number of hydrogen-bond acceptors (Lipinski definition) is 5. The molecule has 160 valence electrons. The molecular formula is C24H24FN3O2S. The van der Waals surface area contributed by atoms with Crippen molar-refractivity contribution in [1.29, 1.82) is 0 Å². The number of fused-ring (bicyclic) bond motifs is 2. The molecule has 2 heterocycles. The normalized spacial score (nSPS) is 18.1. The van der Waals surface area contributed by atoms with Gasteiger partial charge in [0.05, 0.1) is 10.8 Å². The third-order valence-electron chi connectivity index (χ3n) is 6.34. The van der Waals surface area contributed by atoms with Crippen molar-refractivity contribution in [2.24, 2.45) is 0 Å². The molecule has 2 aromatic carbocycles. The number of benzene rings is 2. The van der Waals surface area contributed by atoms with E-state index in [1.54, 1.807) is 30.6 Å². The van der Waals surface area contributed by atoms with Crippen molar-refractivity contribution in [3.63, 3.8) is 0 Å². The molecule has 1 saturated carbocycles. The largest absolute Gasteiger partial charge is 0.396 e. The van der Waals surface area contributed by atoms with Crippen LogP contribution in [0.15, 0.2) is 59.8 Å². The minimum atomic E-state index is -1.20. The molecule has 5 rings (SSSR count). The Morgan fingerprint density at radius 2 is 1.94 bits per heavy atom. The molecule has 31 heavy (non-hydrogen) atoms. The van der Waals surface area contributed by atoms with E-state index in [0.717, 1.165) is 30.0 Å². The molecule has 1 fully saturated rings. The lowest BCUT2D eigenvalue weighted by Gasteiger charge is -2.19. The standard InChI is InChI=1S/C24H24FN3O2S/c1-16(8-11-29)31(30)18-6-7-20-22(12-18)28(15-24(20)9-10-24)23-26-13-17(14-27-23)19-4-2-3-5-21(19)25/h2-7,12-14,16,29H,8-11,15H2,1H3. The molecule has 1 aliphatic heterocycles. The second-order valence-corrected chi connectivity index (χ2v) is 10.3. The van der Waals surface area contributed by atoms with Gasteiger partial charge < -0.3 is 10.0 Å². The van der Waals surface area contributed by atoms with Crippen molar-refractivity contribution in [1.82, 2.24) is 9.97 Å². The highest BCUT2D eigenvalue weighted by atomic mass is 32.2. The Morgan fingerprint density at radius 3 is 2.61 bits per heavy atom. The maximum atomic E-state index is 14.1. The van der Waals surface area contributed by atoms with E-state index in [2.05, 4.69) is 20.9 Å². The summed E-state index contributed by atoms with van der Waals surface area (Å²) in [7, 11) is -1.20. The summed E-state index contributed by atoms with van der Waals surface area (Å²) >= 11 is 0. The fourth-order valence-electron chi connectivity index (χ4n) is 4.35. The molecule has 2 atom stereocenters. The highest BCUT2D eigenvalue weighted by molar-refractivity contribution is 7.85. The average molecular weight is 438 g/mol. The molecule has 2 aliphatic rings. The Labute approximate surface area is 183 Å². The van der Waals surface area contributed by atoms with E-state index < -0.39 is 10.8 Å². The van der Waals surface area contributed by atoms with Gasteiger partial charge in [0.1, 0.15) is 5.82 Å². The Bertz CT molecular complexity index is 1150. The Kier molecular flexibility index (Phi) is 5.10. The van der Waals surface area contributed by atoms with E-state index in [4.69, 9.17) is 0 Å². The Morgan fingerprint density at radius 1 is 1.19 bits per heavy atom. The van der Waals surface area contributed by atoms with E-state index in [1.165, 1.54) is 11.6 Å². The van der Waals surface area contributed by atoms with Crippen molar-refractivity contribution >= 4 is 22.4 Å². The Balaban J connectivity index is 1.49. The summed E-state index contributed by atoms with van der Waals surface area (Å²) in [6.07, 6.45) is 6.05. The predicted octanol–water partition coefficient (Wildman–Crippen LogP) is 4.34. The summed E-state index contributed by atoms with van der Waals surface area (Å²) in [5, 5.41) is 9.07. The van der Waals surface area contributed by atoms with Gasteiger partial charge in [0, 0.05) is 57.9 Å². The number of halogens is 1. The highest BCUT2D eigenvalue weighted by Gasteiger charge is 2.52. The fraction of sp³-hybridized carbons (Fsp3) is 0.333. The van der Waals surface area contributed by atoms with Gasteiger partial charge >= 0.3 is 0 Å². The minimum Gasteiger partial charge on any atom is -0.396 e. The first-order valence-electron chi connectivity index (χ1n) is 10.5. The molecule has 1 aliphatic carbocycles. The lowest BCUT2D eigenvalue weighted by Crippen LogP contribution is -2.21. The minimum absolute atomic E-state index is 0.0231. The first kappa shape index (κ1) is 20.3. The average Bonchev–Trinajstić information content (AvgIpc) is 3.50. The van der Waals surface area contributed by atoms with Gasteiger partial charge in [-0.25, -0.2) is 14.4 Å². The summed E-state index contributed by atoms with van der Waals surface area (Å²) < 4.78 is 27.0. The number of rotatable bonds is 6. The van der Waals surface area contributed by atoms with Gasteiger partial charge in [-0.05, 0) is 43.0 Å². The van der Waals surface area contributed by atoms with Gasteiger partial charge in [-0.2, -0.15) is 0 Å². The topological polar surface area (TPSA) is 66.3 Å². The van der Waals surface area contributed by atoms with Crippen LogP contribution in [0.2, 0.25) is 0 Å². The van der Waals surface area contributed by atoms with Gasteiger partial charge in [-0.3, -0.25) is 4.21 Å². The van der Waals surface area contributed by atoms with E-state index in [0.29, 0.717) is 23.5 Å². The second kappa shape index (κ2) is 7.80. The van der Waals surface area contributed by atoms with Crippen molar-refractivity contribution in [3.05, 3.63) is 66.2 Å². The lowest BCUT2D eigenvalue weighted by atomic mass is 9.99. The lowest BCUT2D eigenvalue weighted by molar-refractivity contribution is 0.288. The third kappa shape index (κ3) is 3.55. The zero-order valence-corrected chi connectivity index (χ0v) is 18.1. The van der Waals surface area contributed by atoms with Crippen LogP contribution < -0.4 is 4.90 Å². The molecule has 0 saturated heterocycles. The van der Waals surface area contributed by atoms with E-state index in [-0.39, 0.29) is 23.1 Å². The molecule has 0 amide bonds. The quantitative estimate of drug-likeness (QED) is 0.621. The molecular weight excluding hydrogens is 413 g/mol. The van der Waals surface area contributed by atoms with Crippen LogP contribution in [0.1, 0.15) is 31.7 Å². The van der Waals surface area contributed by atoms with Crippen LogP contribution in [0.5, 0.6) is 0 Å². The van der Waals surface area contributed by atoms with Crippen LogP contribution in [0, 0.1) is 5.82 Å². The molecule has 1 aromatic heterocycles. The molecule has 7 heteroatoms. The van der Waals surface area contributed by atoms with Gasteiger partial charge in [0.2, 0.25) is 5.95 Å². The fourth-order valence-corrected chi connectivity index (χ4v) is 5.57. The van der Waals surface area contributed by atoms with Crippen LogP contribution >= 0.6 is 0 Å². The molecule has 3 aromatic rings. The summed E-state index contributed by atoms with van der Waals surface area (Å²) in [5.74, 6) is 0.267. The number of nitrogens with zero attached hydrogens (tertiary/aromatic N) is 3. The van der Waals surface area contributed by atoms with Crippen LogP contribution in [0.4, 0.5) is 16.0 Å². The summed E-state index contributed by atoms with van der Waals surface area (Å²) in [6, 6.07) is 12.6. The number of anilines is 2. The van der Waals surface area contributed by atoms with E-state index in [9.17, 15) is 13.7 Å². The van der Waals surface area contributed by atoms with Crippen LogP contribution in [-0.4, -0.2) is 37.7 Å². The van der Waals surface area contributed by atoms with Crippen LogP contribution in [-0.2, 0) is 16.2 Å². The maximum absolute atomic E-state index is 14.1. The molecule has 5 nitrogen and oxygen atoms in total. The zero-order chi connectivity index (χ0) is 21.6. The maximum Gasteiger partial charge on any atom is 0.229 e. The van der Waals surface area contributed by atoms with Crippen molar-refractivity contribution < 1.29 is 13.7 Å². The van der Waals surface area contributed by atoms with E-state index >= 15 is 0 Å². The first-order valence-corrected chi connectivity index (χ1v) is 11.7. The zero-order valence-electron chi connectivity index (χ0n) is 17.3. The molecule has 2 unspecified atom stereocenters. The molecule has 0 radical (unpaired) electrons. The highest BCUT2D eigenvalue weighted by Crippen LogP contribution is 2.58. The smallest absolute Gasteiger partial charge is 0.229 e. The second-order valence-electron chi connectivity index (χ2n) is 8.42. The molecule has 1 N–H and O–H groups in total. The number of aliphatic hydroxyl groups excluding tert-OH is 1. The van der Waals surface area contributed by atoms with Crippen LogP contribution in [0.3, 0.4) is 0 Å². The van der Waals surface area contributed by atoms with Crippen molar-refractivity contribution in [3.8, 4) is 11.1 Å².